The summed E-state index contributed by atoms with van der Waals surface area (Å²) in [4.78, 5) is 12.0. The number of benzene rings is 1. The smallest absolute Gasteiger partial charge is 0.428 e. The van der Waals surface area contributed by atoms with Crippen molar-refractivity contribution in [3.05, 3.63) is 59.8 Å². The second kappa shape index (κ2) is 5.18. The minimum atomic E-state index is -0.320. The molecule has 1 aromatic carbocycles. The molecule has 1 aromatic rings. The van der Waals surface area contributed by atoms with Gasteiger partial charge in [-0.3, -0.25) is 5.43 Å². The molecule has 0 bridgehead atoms. The maximum absolute atomic E-state index is 12.0. The van der Waals surface area contributed by atoms with Crippen LogP contribution in [0.15, 0.2) is 54.3 Å². The lowest BCUT2D eigenvalue weighted by Gasteiger charge is -2.15. The van der Waals surface area contributed by atoms with Crippen LogP contribution < -0.4 is 5.43 Å². The van der Waals surface area contributed by atoms with Gasteiger partial charge in [0, 0.05) is 11.6 Å². The van der Waals surface area contributed by atoms with Gasteiger partial charge in [0.2, 0.25) is 0 Å². The van der Waals surface area contributed by atoms with Crippen LogP contribution in [0.4, 0.5) is 4.79 Å². The number of carbonyl (C=O) groups excluding carboxylic acids is 1. The zero-order valence-electron chi connectivity index (χ0n) is 10.6. The van der Waals surface area contributed by atoms with Gasteiger partial charge in [0.1, 0.15) is 6.61 Å². The van der Waals surface area contributed by atoms with Crippen molar-refractivity contribution in [2.75, 3.05) is 6.54 Å². The Morgan fingerprint density at radius 1 is 1.37 bits per heavy atom. The van der Waals surface area contributed by atoms with Crippen molar-refractivity contribution in [1.82, 2.24) is 10.4 Å². The second-order valence-corrected chi connectivity index (χ2v) is 4.75. The van der Waals surface area contributed by atoms with Crippen molar-refractivity contribution in [3.63, 3.8) is 0 Å². The first-order valence-corrected chi connectivity index (χ1v) is 6.44. The molecule has 1 fully saturated rings. The number of nitrogens with zero attached hydrogens (tertiary/aromatic N) is 1. The molecule has 1 unspecified atom stereocenters. The average Bonchev–Trinajstić information content (AvgIpc) is 2.90. The van der Waals surface area contributed by atoms with Crippen LogP contribution in [0.1, 0.15) is 12.0 Å². The third kappa shape index (κ3) is 2.62. The Balaban J connectivity index is 1.55. The van der Waals surface area contributed by atoms with E-state index in [1.165, 1.54) is 0 Å². The molecule has 98 valence electrons. The number of carbonyl (C=O) groups is 1. The molecule has 3 rings (SSSR count). The predicted octanol–water partition coefficient (Wildman–Crippen LogP) is 2.60. The highest BCUT2D eigenvalue weighted by Crippen LogP contribution is 2.25. The van der Waals surface area contributed by atoms with Gasteiger partial charge in [-0.25, -0.2) is 9.80 Å². The van der Waals surface area contributed by atoms with Crippen LogP contribution in [0, 0.1) is 5.92 Å². The van der Waals surface area contributed by atoms with E-state index in [1.807, 2.05) is 42.5 Å². The standard InChI is InChI=1S/C15H16N2O2/c18-15(19-11-12-6-2-1-3-7-12)17-10-13-8-4-5-9-14(13)16-17/h1-7,9,13,16H,8,10-11H2. The molecule has 2 aliphatic rings. The zero-order valence-corrected chi connectivity index (χ0v) is 10.6. The number of hydrogen-bond donors (Lipinski definition) is 1. The van der Waals surface area contributed by atoms with Crippen LogP contribution in [-0.4, -0.2) is 17.6 Å². The third-order valence-corrected chi connectivity index (χ3v) is 3.36. The van der Waals surface area contributed by atoms with Crippen molar-refractivity contribution in [3.8, 4) is 0 Å². The van der Waals surface area contributed by atoms with Crippen molar-refractivity contribution in [2.45, 2.75) is 13.0 Å². The molecule has 1 saturated heterocycles. The maximum atomic E-state index is 12.0. The van der Waals surface area contributed by atoms with Crippen LogP contribution in [-0.2, 0) is 11.3 Å². The Hall–Kier alpha value is -2.23. The molecule has 1 amide bonds. The average molecular weight is 256 g/mol. The molecule has 0 spiro atoms. The highest BCUT2D eigenvalue weighted by atomic mass is 16.6. The number of rotatable bonds is 2. The number of hydrogen-bond acceptors (Lipinski definition) is 3. The van der Waals surface area contributed by atoms with E-state index < -0.39 is 0 Å². The Bertz CT molecular complexity index is 522. The Morgan fingerprint density at radius 3 is 3.00 bits per heavy atom. The van der Waals surface area contributed by atoms with Gasteiger partial charge in [0.05, 0.1) is 6.54 Å². The van der Waals surface area contributed by atoms with Crippen molar-refractivity contribution < 1.29 is 9.53 Å². The zero-order chi connectivity index (χ0) is 13.1. The largest absolute Gasteiger partial charge is 0.443 e. The number of fused-ring (bicyclic) bond motifs is 1. The van der Waals surface area contributed by atoms with Gasteiger partial charge in [-0.05, 0) is 18.1 Å². The summed E-state index contributed by atoms with van der Waals surface area (Å²) < 4.78 is 5.29. The molecular weight excluding hydrogens is 240 g/mol. The van der Waals surface area contributed by atoms with E-state index >= 15 is 0 Å². The minimum absolute atomic E-state index is 0.305. The lowest BCUT2D eigenvalue weighted by molar-refractivity contribution is 0.0905. The predicted molar refractivity (Wildman–Crippen MR) is 71.8 cm³/mol. The molecule has 4 nitrogen and oxygen atoms in total. The fourth-order valence-electron chi connectivity index (χ4n) is 2.32. The van der Waals surface area contributed by atoms with Crippen molar-refractivity contribution >= 4 is 6.09 Å². The van der Waals surface area contributed by atoms with Gasteiger partial charge in [0.15, 0.2) is 0 Å². The van der Waals surface area contributed by atoms with Gasteiger partial charge >= 0.3 is 6.09 Å². The van der Waals surface area contributed by atoms with E-state index in [0.717, 1.165) is 17.7 Å². The SMILES string of the molecule is O=C(OCc1ccccc1)N1CC2CC=CC=C2N1. The molecule has 1 heterocycles. The number of ether oxygens (including phenoxy) is 1. The van der Waals surface area contributed by atoms with Gasteiger partial charge in [-0.15, -0.1) is 0 Å². The Labute approximate surface area is 112 Å². The van der Waals surface area contributed by atoms with Gasteiger partial charge < -0.3 is 4.74 Å². The summed E-state index contributed by atoms with van der Waals surface area (Å²) in [5.41, 5.74) is 5.19. The van der Waals surface area contributed by atoms with E-state index in [0.29, 0.717) is 19.1 Å². The summed E-state index contributed by atoms with van der Waals surface area (Å²) in [7, 11) is 0. The summed E-state index contributed by atoms with van der Waals surface area (Å²) in [6.45, 7) is 0.976. The number of hydrazine groups is 1. The van der Waals surface area contributed by atoms with E-state index in [9.17, 15) is 4.79 Å². The lowest BCUT2D eigenvalue weighted by Crippen LogP contribution is -2.36. The topological polar surface area (TPSA) is 41.6 Å². The monoisotopic (exact) mass is 256 g/mol. The van der Waals surface area contributed by atoms with Crippen LogP contribution >= 0.6 is 0 Å². The fraction of sp³-hybridized carbons (Fsp3) is 0.267. The molecular formula is C15H16N2O2. The molecule has 0 aromatic heterocycles. The van der Waals surface area contributed by atoms with Crippen LogP contribution in [0.2, 0.25) is 0 Å². The van der Waals surface area contributed by atoms with E-state index in [4.69, 9.17) is 4.74 Å². The molecule has 0 radical (unpaired) electrons. The molecule has 1 aliphatic heterocycles. The quantitative estimate of drug-likeness (QED) is 0.884. The van der Waals surface area contributed by atoms with Crippen LogP contribution in [0.3, 0.4) is 0 Å². The fourth-order valence-corrected chi connectivity index (χ4v) is 2.32. The third-order valence-electron chi connectivity index (χ3n) is 3.36. The highest BCUT2D eigenvalue weighted by Gasteiger charge is 2.31. The number of amides is 1. The molecule has 1 atom stereocenters. The molecule has 4 heteroatoms. The number of allylic oxidation sites excluding steroid dienone is 3. The first-order chi connectivity index (χ1) is 9.33. The Kier molecular flexibility index (Phi) is 3.23. The summed E-state index contributed by atoms with van der Waals surface area (Å²) in [5, 5.41) is 1.55. The van der Waals surface area contributed by atoms with Crippen molar-refractivity contribution in [1.29, 1.82) is 0 Å². The summed E-state index contributed by atoms with van der Waals surface area (Å²) in [6.07, 6.45) is 6.80. The molecule has 0 saturated carbocycles. The van der Waals surface area contributed by atoms with Crippen LogP contribution in [0.5, 0.6) is 0 Å². The van der Waals surface area contributed by atoms with Gasteiger partial charge in [0.25, 0.3) is 0 Å². The first-order valence-electron chi connectivity index (χ1n) is 6.44. The van der Waals surface area contributed by atoms with E-state index in [-0.39, 0.29) is 6.09 Å². The van der Waals surface area contributed by atoms with Crippen LogP contribution in [0.25, 0.3) is 0 Å². The summed E-state index contributed by atoms with van der Waals surface area (Å²) in [6, 6.07) is 9.69. The Morgan fingerprint density at radius 2 is 2.21 bits per heavy atom. The van der Waals surface area contributed by atoms with E-state index in [1.54, 1.807) is 5.01 Å². The van der Waals surface area contributed by atoms with E-state index in [2.05, 4.69) is 11.5 Å². The van der Waals surface area contributed by atoms with Crippen molar-refractivity contribution in [2.24, 2.45) is 5.92 Å². The molecule has 19 heavy (non-hydrogen) atoms. The highest BCUT2D eigenvalue weighted by molar-refractivity contribution is 5.68. The summed E-state index contributed by atoms with van der Waals surface area (Å²) >= 11 is 0. The lowest BCUT2D eigenvalue weighted by atomic mass is 9.99. The van der Waals surface area contributed by atoms with Gasteiger partial charge in [-0.1, -0.05) is 42.5 Å². The maximum Gasteiger partial charge on any atom is 0.428 e. The summed E-state index contributed by atoms with van der Waals surface area (Å²) in [5.74, 6) is 0.384. The number of nitrogens with one attached hydrogen (secondary N) is 1. The molecule has 1 aliphatic carbocycles. The molecule has 1 N–H and O–H groups in total. The second-order valence-electron chi connectivity index (χ2n) is 4.75. The normalized spacial score (nSPS) is 20.5. The first kappa shape index (κ1) is 11.8. The minimum Gasteiger partial charge on any atom is -0.443 e. The van der Waals surface area contributed by atoms with Gasteiger partial charge in [-0.2, -0.15) is 0 Å².